The zero-order chi connectivity index (χ0) is 15.1. The van der Waals surface area contributed by atoms with Gasteiger partial charge in [-0.3, -0.25) is 4.79 Å². The molecule has 0 unspecified atom stereocenters. The first-order chi connectivity index (χ1) is 10.2. The lowest BCUT2D eigenvalue weighted by atomic mass is 10.2. The number of hydrogen-bond donors (Lipinski definition) is 2. The number of nitrogens with zero attached hydrogens (tertiary/aromatic N) is 1. The van der Waals surface area contributed by atoms with Gasteiger partial charge >= 0.3 is 0 Å². The molecule has 2 rings (SSSR count). The van der Waals surface area contributed by atoms with Crippen molar-refractivity contribution in [2.75, 3.05) is 13.1 Å². The summed E-state index contributed by atoms with van der Waals surface area (Å²) in [6.07, 6.45) is 0. The number of nitrogens with two attached hydrogens (primary N) is 1. The van der Waals surface area contributed by atoms with Crippen LogP contribution in [0.5, 0.6) is 5.75 Å². The van der Waals surface area contributed by atoms with E-state index in [1.54, 1.807) is 6.07 Å². The van der Waals surface area contributed by atoms with Gasteiger partial charge in [-0.25, -0.2) is 4.98 Å². The molecule has 0 bridgehead atoms. The number of aromatic nitrogens is 1. The summed E-state index contributed by atoms with van der Waals surface area (Å²) in [6.45, 7) is 3.02. The number of ether oxygens (including phenoxy) is 1. The predicted molar refractivity (Wildman–Crippen MR) is 81.1 cm³/mol. The van der Waals surface area contributed by atoms with E-state index in [-0.39, 0.29) is 5.91 Å². The van der Waals surface area contributed by atoms with E-state index in [0.717, 1.165) is 11.3 Å². The quantitative estimate of drug-likeness (QED) is 0.846. The molecule has 1 amide bonds. The number of nitrogens with one attached hydrogen (secondary N) is 1. The number of carbonyl (C=O) groups is 1. The molecule has 1 heterocycles. The lowest BCUT2D eigenvalue weighted by Crippen LogP contribution is -2.30. The maximum atomic E-state index is 12.1. The summed E-state index contributed by atoms with van der Waals surface area (Å²) in [5.41, 5.74) is 7.48. The summed E-state index contributed by atoms with van der Waals surface area (Å²) in [7, 11) is 0. The molecule has 0 aliphatic rings. The Hall–Kier alpha value is -2.40. The minimum Gasteiger partial charge on any atom is -0.486 e. The lowest BCUT2D eigenvalue weighted by Gasteiger charge is -2.11. The van der Waals surface area contributed by atoms with Crippen molar-refractivity contribution in [3.63, 3.8) is 0 Å². The Labute approximate surface area is 124 Å². The Morgan fingerprint density at radius 2 is 2.00 bits per heavy atom. The Morgan fingerprint density at radius 1 is 1.24 bits per heavy atom. The summed E-state index contributed by atoms with van der Waals surface area (Å²) in [4.78, 5) is 16.3. The number of aryl methyl sites for hydroxylation is 1. The standard InChI is InChI=1S/C16H19N3O2/c1-12-7-8-14(15(19-12)16(20)18-10-9-17)21-11-13-5-3-2-4-6-13/h2-8H,9-11,17H2,1H3,(H,18,20). The number of pyridine rings is 1. The van der Waals surface area contributed by atoms with Crippen LogP contribution in [-0.2, 0) is 6.61 Å². The summed E-state index contributed by atoms with van der Waals surface area (Å²) < 4.78 is 5.72. The van der Waals surface area contributed by atoms with Crippen LogP contribution in [0.3, 0.4) is 0 Å². The average Bonchev–Trinajstić information content (AvgIpc) is 2.52. The van der Waals surface area contributed by atoms with Crippen LogP contribution in [0.25, 0.3) is 0 Å². The van der Waals surface area contributed by atoms with E-state index in [1.165, 1.54) is 0 Å². The van der Waals surface area contributed by atoms with Crippen molar-refractivity contribution in [2.45, 2.75) is 13.5 Å². The first-order valence-corrected chi connectivity index (χ1v) is 6.83. The Kier molecular flexibility index (Phi) is 5.29. The van der Waals surface area contributed by atoms with Crippen molar-refractivity contribution in [3.05, 3.63) is 59.4 Å². The van der Waals surface area contributed by atoms with E-state index in [9.17, 15) is 4.79 Å². The summed E-state index contributed by atoms with van der Waals surface area (Å²) in [5.74, 6) is 0.200. The Bertz CT molecular complexity index is 600. The molecule has 0 radical (unpaired) electrons. The summed E-state index contributed by atoms with van der Waals surface area (Å²) >= 11 is 0. The van der Waals surface area contributed by atoms with Crippen molar-refractivity contribution in [2.24, 2.45) is 5.73 Å². The normalized spacial score (nSPS) is 10.2. The lowest BCUT2D eigenvalue weighted by molar-refractivity contribution is 0.0944. The fraction of sp³-hybridized carbons (Fsp3) is 0.250. The molecule has 0 saturated carbocycles. The van der Waals surface area contributed by atoms with Gasteiger partial charge in [-0.05, 0) is 24.6 Å². The van der Waals surface area contributed by atoms with Crippen LogP contribution in [0, 0.1) is 6.92 Å². The minimum atomic E-state index is -0.271. The van der Waals surface area contributed by atoms with E-state index < -0.39 is 0 Å². The van der Waals surface area contributed by atoms with Gasteiger partial charge in [-0.1, -0.05) is 30.3 Å². The van der Waals surface area contributed by atoms with Crippen molar-refractivity contribution < 1.29 is 9.53 Å². The smallest absolute Gasteiger partial charge is 0.273 e. The van der Waals surface area contributed by atoms with Crippen LogP contribution >= 0.6 is 0 Å². The highest BCUT2D eigenvalue weighted by molar-refractivity contribution is 5.94. The van der Waals surface area contributed by atoms with Gasteiger partial charge in [-0.15, -0.1) is 0 Å². The number of amides is 1. The third kappa shape index (κ3) is 4.29. The van der Waals surface area contributed by atoms with E-state index in [4.69, 9.17) is 10.5 Å². The number of hydrogen-bond acceptors (Lipinski definition) is 4. The van der Waals surface area contributed by atoms with Gasteiger partial charge in [0, 0.05) is 18.8 Å². The van der Waals surface area contributed by atoms with E-state index in [2.05, 4.69) is 10.3 Å². The van der Waals surface area contributed by atoms with Crippen molar-refractivity contribution in [1.82, 2.24) is 10.3 Å². The largest absolute Gasteiger partial charge is 0.486 e. The number of benzene rings is 1. The summed E-state index contributed by atoms with van der Waals surface area (Å²) in [5, 5.41) is 2.71. The first-order valence-electron chi connectivity index (χ1n) is 6.83. The molecule has 0 spiro atoms. The van der Waals surface area contributed by atoms with Crippen LogP contribution in [0.2, 0.25) is 0 Å². The van der Waals surface area contributed by atoms with Crippen molar-refractivity contribution >= 4 is 5.91 Å². The molecule has 5 nitrogen and oxygen atoms in total. The molecule has 21 heavy (non-hydrogen) atoms. The van der Waals surface area contributed by atoms with Crippen LogP contribution in [0.4, 0.5) is 0 Å². The minimum absolute atomic E-state index is 0.271. The second-order valence-corrected chi connectivity index (χ2v) is 4.62. The summed E-state index contributed by atoms with van der Waals surface area (Å²) in [6, 6.07) is 13.4. The molecule has 1 aromatic carbocycles. The fourth-order valence-electron chi connectivity index (χ4n) is 1.83. The molecule has 5 heteroatoms. The van der Waals surface area contributed by atoms with Gasteiger partial charge in [0.1, 0.15) is 6.61 Å². The van der Waals surface area contributed by atoms with E-state index in [1.807, 2.05) is 43.3 Å². The Morgan fingerprint density at radius 3 is 2.71 bits per heavy atom. The molecule has 0 aliphatic heterocycles. The third-order valence-electron chi connectivity index (χ3n) is 2.88. The maximum Gasteiger partial charge on any atom is 0.273 e. The van der Waals surface area contributed by atoms with Crippen LogP contribution in [0.1, 0.15) is 21.7 Å². The van der Waals surface area contributed by atoms with Crippen LogP contribution in [0.15, 0.2) is 42.5 Å². The second kappa shape index (κ2) is 7.40. The first kappa shape index (κ1) is 15.0. The molecule has 0 fully saturated rings. The SMILES string of the molecule is Cc1ccc(OCc2ccccc2)c(C(=O)NCCN)n1. The van der Waals surface area contributed by atoms with Crippen molar-refractivity contribution in [1.29, 1.82) is 0 Å². The van der Waals surface area contributed by atoms with E-state index in [0.29, 0.717) is 31.1 Å². The molecule has 2 aromatic rings. The highest BCUT2D eigenvalue weighted by atomic mass is 16.5. The van der Waals surface area contributed by atoms with Crippen LogP contribution in [-0.4, -0.2) is 24.0 Å². The molecule has 0 atom stereocenters. The number of carbonyl (C=O) groups excluding carboxylic acids is 1. The molecule has 0 aliphatic carbocycles. The Balaban J connectivity index is 2.13. The zero-order valence-corrected chi connectivity index (χ0v) is 12.0. The van der Waals surface area contributed by atoms with Crippen LogP contribution < -0.4 is 15.8 Å². The monoisotopic (exact) mass is 285 g/mol. The van der Waals surface area contributed by atoms with E-state index >= 15 is 0 Å². The molecule has 1 aromatic heterocycles. The highest BCUT2D eigenvalue weighted by Gasteiger charge is 2.14. The topological polar surface area (TPSA) is 77.2 Å². The molecule has 0 saturated heterocycles. The zero-order valence-electron chi connectivity index (χ0n) is 12.0. The average molecular weight is 285 g/mol. The third-order valence-corrected chi connectivity index (χ3v) is 2.88. The molecule has 3 N–H and O–H groups in total. The molecule has 110 valence electrons. The van der Waals surface area contributed by atoms with Gasteiger partial charge < -0.3 is 15.8 Å². The van der Waals surface area contributed by atoms with Gasteiger partial charge in [0.15, 0.2) is 11.4 Å². The maximum absolute atomic E-state index is 12.1. The van der Waals surface area contributed by atoms with Gasteiger partial charge in [0.05, 0.1) is 0 Å². The second-order valence-electron chi connectivity index (χ2n) is 4.62. The highest BCUT2D eigenvalue weighted by Crippen LogP contribution is 2.18. The molecular formula is C16H19N3O2. The van der Waals surface area contributed by atoms with Gasteiger partial charge in [0.25, 0.3) is 5.91 Å². The van der Waals surface area contributed by atoms with Crippen molar-refractivity contribution in [3.8, 4) is 5.75 Å². The molecular weight excluding hydrogens is 266 g/mol. The fourth-order valence-corrected chi connectivity index (χ4v) is 1.83. The predicted octanol–water partition coefficient (Wildman–Crippen LogP) is 1.66. The van der Waals surface area contributed by atoms with Gasteiger partial charge in [0.2, 0.25) is 0 Å². The number of rotatable bonds is 6. The van der Waals surface area contributed by atoms with Gasteiger partial charge in [-0.2, -0.15) is 0 Å².